The molecule has 2 aromatic rings. The quantitative estimate of drug-likeness (QED) is 0.783. The summed E-state index contributed by atoms with van der Waals surface area (Å²) in [6, 6.07) is 11.5. The first-order valence-electron chi connectivity index (χ1n) is 6.22. The van der Waals surface area contributed by atoms with Gasteiger partial charge in [-0.3, -0.25) is 0 Å². The lowest BCUT2D eigenvalue weighted by atomic mass is 10.1. The van der Waals surface area contributed by atoms with Crippen molar-refractivity contribution < 1.29 is 13.9 Å². The first-order chi connectivity index (χ1) is 10.2. The second kappa shape index (κ2) is 6.96. The Kier molecular flexibility index (Phi) is 5.02. The van der Waals surface area contributed by atoms with Crippen LogP contribution in [-0.4, -0.2) is 7.11 Å². The summed E-state index contributed by atoms with van der Waals surface area (Å²) in [6.45, 7) is 0.258. The number of methoxy groups -OCH3 is 1. The molecule has 0 spiro atoms. The summed E-state index contributed by atoms with van der Waals surface area (Å²) in [5.41, 5.74) is 1.85. The van der Waals surface area contributed by atoms with Crippen LogP contribution in [-0.2, 0) is 12.5 Å². The van der Waals surface area contributed by atoms with Crippen molar-refractivity contribution in [3.63, 3.8) is 0 Å². The first kappa shape index (κ1) is 15.1. The predicted octanol–water partition coefficient (Wildman–Crippen LogP) is 4.02. The summed E-state index contributed by atoms with van der Waals surface area (Å²) in [4.78, 5) is 0. The zero-order valence-electron chi connectivity index (χ0n) is 11.4. The second-order valence-corrected chi connectivity index (χ2v) is 4.59. The van der Waals surface area contributed by atoms with E-state index in [4.69, 9.17) is 26.3 Å². The summed E-state index contributed by atoms with van der Waals surface area (Å²) in [6.07, 6.45) is 0. The standard InChI is InChI=1S/C16H13ClFNO2/c1-20-15-4-2-11(6-13(15)9-19)10-21-16-5-3-14(18)7-12(16)8-17/h2-7H,8,10H2,1H3. The molecule has 3 nitrogen and oxygen atoms in total. The average molecular weight is 306 g/mol. The van der Waals surface area contributed by atoms with Crippen molar-refractivity contribution in [2.24, 2.45) is 0 Å². The first-order valence-corrected chi connectivity index (χ1v) is 6.75. The minimum Gasteiger partial charge on any atom is -0.495 e. The van der Waals surface area contributed by atoms with E-state index in [9.17, 15) is 4.39 Å². The molecule has 0 aliphatic heterocycles. The maximum atomic E-state index is 13.1. The fourth-order valence-electron chi connectivity index (χ4n) is 1.89. The number of hydrogen-bond acceptors (Lipinski definition) is 3. The molecule has 0 bridgehead atoms. The molecule has 108 valence electrons. The van der Waals surface area contributed by atoms with Gasteiger partial charge < -0.3 is 9.47 Å². The lowest BCUT2D eigenvalue weighted by molar-refractivity contribution is 0.303. The molecule has 0 radical (unpaired) electrons. The Morgan fingerprint density at radius 1 is 1.19 bits per heavy atom. The minimum absolute atomic E-state index is 0.166. The number of hydrogen-bond donors (Lipinski definition) is 0. The largest absolute Gasteiger partial charge is 0.495 e. The SMILES string of the molecule is COc1ccc(COc2ccc(F)cc2CCl)cc1C#N. The predicted molar refractivity (Wildman–Crippen MR) is 78.0 cm³/mol. The number of alkyl halides is 1. The van der Waals surface area contributed by atoms with Gasteiger partial charge in [-0.2, -0.15) is 5.26 Å². The fourth-order valence-corrected chi connectivity index (χ4v) is 2.10. The molecule has 0 heterocycles. The van der Waals surface area contributed by atoms with Crippen LogP contribution < -0.4 is 9.47 Å². The van der Waals surface area contributed by atoms with E-state index in [0.717, 1.165) is 5.56 Å². The van der Waals surface area contributed by atoms with Gasteiger partial charge in [-0.05, 0) is 35.9 Å². The molecule has 0 fully saturated rings. The van der Waals surface area contributed by atoms with Crippen molar-refractivity contribution in [3.05, 3.63) is 58.9 Å². The van der Waals surface area contributed by atoms with Gasteiger partial charge in [-0.15, -0.1) is 11.6 Å². The van der Waals surface area contributed by atoms with Crippen LogP contribution in [0.1, 0.15) is 16.7 Å². The fraction of sp³-hybridized carbons (Fsp3) is 0.188. The van der Waals surface area contributed by atoms with Gasteiger partial charge in [0.1, 0.15) is 30.0 Å². The lowest BCUT2D eigenvalue weighted by Crippen LogP contribution is -1.99. The van der Waals surface area contributed by atoms with Gasteiger partial charge in [-0.25, -0.2) is 4.39 Å². The Balaban J connectivity index is 2.15. The molecule has 0 aliphatic rings. The van der Waals surface area contributed by atoms with Crippen LogP contribution in [0.3, 0.4) is 0 Å². The molecule has 0 N–H and O–H groups in total. The zero-order chi connectivity index (χ0) is 15.2. The van der Waals surface area contributed by atoms with Crippen LogP contribution in [0.2, 0.25) is 0 Å². The Bertz CT molecular complexity index is 682. The topological polar surface area (TPSA) is 42.2 Å². The van der Waals surface area contributed by atoms with E-state index < -0.39 is 0 Å². The molecule has 0 unspecified atom stereocenters. The number of nitrogens with zero attached hydrogens (tertiary/aromatic N) is 1. The van der Waals surface area contributed by atoms with Crippen molar-refractivity contribution >= 4 is 11.6 Å². The number of nitriles is 1. The molecule has 0 aliphatic carbocycles. The molecule has 0 saturated carbocycles. The minimum atomic E-state index is -0.353. The van der Waals surface area contributed by atoms with Gasteiger partial charge in [0.25, 0.3) is 0 Å². The summed E-state index contributed by atoms with van der Waals surface area (Å²) >= 11 is 5.77. The van der Waals surface area contributed by atoms with Crippen LogP contribution in [0.25, 0.3) is 0 Å². The van der Waals surface area contributed by atoms with Crippen LogP contribution in [0.15, 0.2) is 36.4 Å². The number of halogens is 2. The molecule has 2 aromatic carbocycles. The number of benzene rings is 2. The highest BCUT2D eigenvalue weighted by Crippen LogP contribution is 2.24. The molecule has 0 atom stereocenters. The Morgan fingerprint density at radius 2 is 1.95 bits per heavy atom. The van der Waals surface area contributed by atoms with Gasteiger partial charge in [0.15, 0.2) is 0 Å². The van der Waals surface area contributed by atoms with Crippen LogP contribution in [0, 0.1) is 17.1 Å². The normalized spacial score (nSPS) is 10.0. The maximum absolute atomic E-state index is 13.1. The second-order valence-electron chi connectivity index (χ2n) is 4.32. The highest BCUT2D eigenvalue weighted by Gasteiger charge is 2.07. The zero-order valence-corrected chi connectivity index (χ0v) is 12.2. The van der Waals surface area contributed by atoms with Crippen LogP contribution in [0.5, 0.6) is 11.5 Å². The van der Waals surface area contributed by atoms with E-state index in [0.29, 0.717) is 22.6 Å². The summed E-state index contributed by atoms with van der Waals surface area (Å²) in [5, 5.41) is 9.04. The third-order valence-electron chi connectivity index (χ3n) is 2.95. The van der Waals surface area contributed by atoms with Gasteiger partial charge in [-0.1, -0.05) is 6.07 Å². The average Bonchev–Trinajstić information content (AvgIpc) is 2.53. The van der Waals surface area contributed by atoms with E-state index in [2.05, 4.69) is 6.07 Å². The van der Waals surface area contributed by atoms with Gasteiger partial charge in [0.05, 0.1) is 18.6 Å². The van der Waals surface area contributed by atoms with Gasteiger partial charge in [0, 0.05) is 5.56 Å². The Labute approximate surface area is 127 Å². The monoisotopic (exact) mass is 305 g/mol. The third kappa shape index (κ3) is 3.65. The molecule has 0 amide bonds. The van der Waals surface area contributed by atoms with Crippen molar-refractivity contribution in [2.45, 2.75) is 12.5 Å². The van der Waals surface area contributed by atoms with E-state index in [-0.39, 0.29) is 18.3 Å². The van der Waals surface area contributed by atoms with Crippen LogP contribution in [0.4, 0.5) is 4.39 Å². The van der Waals surface area contributed by atoms with E-state index >= 15 is 0 Å². The summed E-state index contributed by atoms with van der Waals surface area (Å²) < 4.78 is 23.8. The molecule has 2 rings (SSSR count). The number of ether oxygens (including phenoxy) is 2. The number of rotatable bonds is 5. The van der Waals surface area contributed by atoms with Crippen molar-refractivity contribution in [3.8, 4) is 17.6 Å². The summed E-state index contributed by atoms with van der Waals surface area (Å²) in [5.74, 6) is 0.860. The van der Waals surface area contributed by atoms with E-state index in [1.54, 1.807) is 18.2 Å². The highest BCUT2D eigenvalue weighted by atomic mass is 35.5. The highest BCUT2D eigenvalue weighted by molar-refractivity contribution is 6.17. The van der Waals surface area contributed by atoms with Crippen LogP contribution >= 0.6 is 11.6 Å². The molecular formula is C16H13ClFNO2. The Hall–Kier alpha value is -2.25. The third-order valence-corrected chi connectivity index (χ3v) is 3.23. The van der Waals surface area contributed by atoms with E-state index in [1.165, 1.54) is 19.2 Å². The van der Waals surface area contributed by atoms with Crippen molar-refractivity contribution in [1.29, 1.82) is 5.26 Å². The molecule has 0 aromatic heterocycles. The van der Waals surface area contributed by atoms with Gasteiger partial charge in [0.2, 0.25) is 0 Å². The summed E-state index contributed by atoms with van der Waals surface area (Å²) in [7, 11) is 1.51. The molecular weight excluding hydrogens is 293 g/mol. The smallest absolute Gasteiger partial charge is 0.136 e. The Morgan fingerprint density at radius 3 is 2.62 bits per heavy atom. The van der Waals surface area contributed by atoms with Gasteiger partial charge >= 0.3 is 0 Å². The maximum Gasteiger partial charge on any atom is 0.136 e. The van der Waals surface area contributed by atoms with Crippen molar-refractivity contribution in [1.82, 2.24) is 0 Å². The molecule has 0 saturated heterocycles. The van der Waals surface area contributed by atoms with E-state index in [1.807, 2.05) is 6.07 Å². The lowest BCUT2D eigenvalue weighted by Gasteiger charge is -2.11. The van der Waals surface area contributed by atoms with Crippen molar-refractivity contribution in [2.75, 3.05) is 7.11 Å². The molecule has 5 heteroatoms. The molecule has 21 heavy (non-hydrogen) atoms.